The van der Waals surface area contributed by atoms with Gasteiger partial charge in [-0.05, 0) is 35.7 Å². The molecule has 0 radical (unpaired) electrons. The maximum absolute atomic E-state index is 9.94. The van der Waals surface area contributed by atoms with Crippen LogP contribution in [-0.2, 0) is 6.54 Å². The van der Waals surface area contributed by atoms with Gasteiger partial charge in [-0.15, -0.1) is 17.8 Å². The second-order valence-corrected chi connectivity index (χ2v) is 7.94. The molecule has 26 heavy (non-hydrogen) atoms. The lowest BCUT2D eigenvalue weighted by Gasteiger charge is -2.11. The first kappa shape index (κ1) is 18.3. The zero-order valence-electron chi connectivity index (χ0n) is 14.6. The van der Waals surface area contributed by atoms with Gasteiger partial charge in [-0.1, -0.05) is 31.4 Å². The van der Waals surface area contributed by atoms with Gasteiger partial charge in [-0.2, -0.15) is 9.83 Å². The van der Waals surface area contributed by atoms with Crippen molar-refractivity contribution in [3.63, 3.8) is 0 Å². The number of thiophene rings is 1. The standard InChI is InChI=1S/C19H19ClN4OS/c1-4-8-21-18-10-14(7-9-24(18)25)15-11-22-23(12-13(2)3)19(15)16-5-6-17(20)26-16/h1,5-7,9-11,13,25H,8,12H2,2-3H3. The van der Waals surface area contributed by atoms with E-state index in [-0.39, 0.29) is 6.54 Å². The summed E-state index contributed by atoms with van der Waals surface area (Å²) in [4.78, 5) is 5.25. The molecule has 0 aromatic carbocycles. The summed E-state index contributed by atoms with van der Waals surface area (Å²) >= 11 is 7.67. The van der Waals surface area contributed by atoms with Crippen molar-refractivity contribution in [2.24, 2.45) is 10.9 Å². The molecular formula is C19H19ClN4OS. The van der Waals surface area contributed by atoms with Gasteiger partial charge in [0.15, 0.2) is 5.49 Å². The lowest BCUT2D eigenvalue weighted by molar-refractivity contribution is 0.172. The number of rotatable bonds is 5. The van der Waals surface area contributed by atoms with Crippen LogP contribution in [0.15, 0.2) is 41.7 Å². The fourth-order valence-electron chi connectivity index (χ4n) is 2.68. The molecule has 7 heteroatoms. The molecule has 3 heterocycles. The average molecular weight is 387 g/mol. The van der Waals surface area contributed by atoms with Gasteiger partial charge in [-0.25, -0.2) is 0 Å². The van der Waals surface area contributed by atoms with Crippen molar-refractivity contribution in [3.8, 4) is 34.0 Å². The number of pyridine rings is 1. The molecule has 0 saturated heterocycles. The third kappa shape index (κ3) is 3.85. The van der Waals surface area contributed by atoms with Gasteiger partial charge in [0.2, 0.25) is 0 Å². The zero-order chi connectivity index (χ0) is 18.7. The van der Waals surface area contributed by atoms with Crippen LogP contribution in [0.5, 0.6) is 0 Å². The van der Waals surface area contributed by atoms with Crippen LogP contribution in [0.4, 0.5) is 0 Å². The Morgan fingerprint density at radius 3 is 2.85 bits per heavy atom. The maximum Gasteiger partial charge on any atom is 0.164 e. The lowest BCUT2D eigenvalue weighted by atomic mass is 10.1. The first-order valence-corrected chi connectivity index (χ1v) is 9.37. The Bertz CT molecular complexity index is 1020. The summed E-state index contributed by atoms with van der Waals surface area (Å²) in [5, 5.41) is 14.5. The largest absolute Gasteiger partial charge is 0.427 e. The Morgan fingerprint density at radius 1 is 1.38 bits per heavy atom. The predicted octanol–water partition coefficient (Wildman–Crippen LogP) is 4.16. The fraction of sp³-hybridized carbons (Fsp3) is 0.263. The van der Waals surface area contributed by atoms with Crippen LogP contribution in [0.25, 0.3) is 21.7 Å². The van der Waals surface area contributed by atoms with Crippen molar-refractivity contribution in [1.29, 1.82) is 0 Å². The predicted molar refractivity (Wildman–Crippen MR) is 105 cm³/mol. The van der Waals surface area contributed by atoms with Crippen molar-refractivity contribution in [1.82, 2.24) is 14.5 Å². The van der Waals surface area contributed by atoms with Crippen molar-refractivity contribution in [3.05, 3.63) is 46.5 Å². The van der Waals surface area contributed by atoms with E-state index in [4.69, 9.17) is 18.0 Å². The van der Waals surface area contributed by atoms with Gasteiger partial charge in [0.25, 0.3) is 0 Å². The normalized spacial score (nSPS) is 11.9. The van der Waals surface area contributed by atoms with E-state index in [9.17, 15) is 5.21 Å². The monoisotopic (exact) mass is 386 g/mol. The number of aromatic nitrogens is 3. The number of terminal acetylenes is 1. The molecule has 0 bridgehead atoms. The number of hydrogen-bond donors (Lipinski definition) is 1. The van der Waals surface area contributed by atoms with Crippen LogP contribution in [-0.4, -0.2) is 26.3 Å². The van der Waals surface area contributed by atoms with Crippen molar-refractivity contribution < 1.29 is 5.21 Å². The Hall–Kier alpha value is -2.49. The summed E-state index contributed by atoms with van der Waals surface area (Å²) < 4.78 is 3.69. The zero-order valence-corrected chi connectivity index (χ0v) is 16.1. The Balaban J connectivity index is 2.17. The first-order valence-electron chi connectivity index (χ1n) is 8.17. The van der Waals surface area contributed by atoms with E-state index in [0.717, 1.165) is 37.3 Å². The van der Waals surface area contributed by atoms with Crippen LogP contribution in [0, 0.1) is 18.3 Å². The van der Waals surface area contributed by atoms with Crippen molar-refractivity contribution in [2.45, 2.75) is 20.4 Å². The minimum atomic E-state index is 0.198. The highest BCUT2D eigenvalue weighted by atomic mass is 35.5. The molecule has 0 amide bonds. The molecule has 0 aliphatic rings. The minimum absolute atomic E-state index is 0.198. The molecule has 134 valence electrons. The first-order chi connectivity index (χ1) is 12.5. The second kappa shape index (κ2) is 7.81. The Morgan fingerprint density at radius 2 is 2.19 bits per heavy atom. The highest BCUT2D eigenvalue weighted by Crippen LogP contribution is 2.37. The second-order valence-electron chi connectivity index (χ2n) is 6.23. The van der Waals surface area contributed by atoms with E-state index in [1.807, 2.05) is 29.1 Å². The van der Waals surface area contributed by atoms with Gasteiger partial charge >= 0.3 is 0 Å². The summed E-state index contributed by atoms with van der Waals surface area (Å²) in [6, 6.07) is 7.51. The highest BCUT2D eigenvalue weighted by molar-refractivity contribution is 7.19. The third-order valence-electron chi connectivity index (χ3n) is 3.74. The van der Waals surface area contributed by atoms with Crippen LogP contribution in [0.2, 0.25) is 4.34 Å². The van der Waals surface area contributed by atoms with Crippen LogP contribution in [0.1, 0.15) is 13.8 Å². The lowest BCUT2D eigenvalue weighted by Crippen LogP contribution is -2.18. The molecule has 3 rings (SSSR count). The summed E-state index contributed by atoms with van der Waals surface area (Å²) in [6.07, 6.45) is 8.66. The van der Waals surface area contributed by atoms with Crippen molar-refractivity contribution in [2.75, 3.05) is 6.54 Å². The van der Waals surface area contributed by atoms with Gasteiger partial charge < -0.3 is 5.21 Å². The smallest absolute Gasteiger partial charge is 0.164 e. The topological polar surface area (TPSA) is 55.3 Å². The molecule has 0 fully saturated rings. The molecule has 5 nitrogen and oxygen atoms in total. The van der Waals surface area contributed by atoms with Gasteiger partial charge in [-0.3, -0.25) is 9.67 Å². The van der Waals surface area contributed by atoms with E-state index in [1.165, 1.54) is 11.3 Å². The highest BCUT2D eigenvalue weighted by Gasteiger charge is 2.17. The van der Waals surface area contributed by atoms with E-state index < -0.39 is 0 Å². The molecule has 0 unspecified atom stereocenters. The third-order valence-corrected chi connectivity index (χ3v) is 4.98. The Kier molecular flexibility index (Phi) is 5.50. The van der Waals surface area contributed by atoms with Gasteiger partial charge in [0.05, 0.1) is 21.1 Å². The fourth-order valence-corrected chi connectivity index (χ4v) is 3.78. The number of halogens is 1. The summed E-state index contributed by atoms with van der Waals surface area (Å²) in [6.45, 7) is 5.30. The van der Waals surface area contributed by atoms with Gasteiger partial charge in [0, 0.05) is 18.3 Å². The molecular weight excluding hydrogens is 368 g/mol. The van der Waals surface area contributed by atoms with E-state index in [1.54, 1.807) is 12.3 Å². The Labute approximate surface area is 161 Å². The molecule has 3 aromatic rings. The quantitative estimate of drug-likeness (QED) is 0.528. The van der Waals surface area contributed by atoms with E-state index in [0.29, 0.717) is 11.4 Å². The maximum atomic E-state index is 9.94. The van der Waals surface area contributed by atoms with Crippen LogP contribution >= 0.6 is 22.9 Å². The summed E-state index contributed by atoms with van der Waals surface area (Å²) in [7, 11) is 0. The number of nitrogens with zero attached hydrogens (tertiary/aromatic N) is 4. The molecule has 0 aliphatic carbocycles. The van der Waals surface area contributed by atoms with E-state index in [2.05, 4.69) is 29.9 Å². The molecule has 0 atom stereocenters. The van der Waals surface area contributed by atoms with Crippen molar-refractivity contribution >= 4 is 22.9 Å². The van der Waals surface area contributed by atoms with Crippen LogP contribution in [0.3, 0.4) is 0 Å². The summed E-state index contributed by atoms with van der Waals surface area (Å²) in [5.41, 5.74) is 3.27. The summed E-state index contributed by atoms with van der Waals surface area (Å²) in [5.74, 6) is 2.90. The molecule has 3 aromatic heterocycles. The number of hydrogen-bond acceptors (Lipinski definition) is 4. The average Bonchev–Trinajstić information content (AvgIpc) is 3.19. The minimum Gasteiger partial charge on any atom is -0.427 e. The van der Waals surface area contributed by atoms with E-state index >= 15 is 0 Å². The molecule has 0 spiro atoms. The van der Waals surface area contributed by atoms with Crippen LogP contribution < -0.4 is 5.49 Å². The molecule has 0 saturated carbocycles. The molecule has 1 N–H and O–H groups in total. The molecule has 0 aliphatic heterocycles. The SMILES string of the molecule is C#CCN=c1cc(-c2cnn(CC(C)C)c2-c2ccc(Cl)s2)ccn1O. The van der Waals surface area contributed by atoms with Gasteiger partial charge in [0.1, 0.15) is 6.54 Å².